The molecule has 0 aromatic heterocycles. The minimum Gasteiger partial charge on any atom is -0.385 e. The maximum atomic E-state index is 11.1. The Morgan fingerprint density at radius 3 is 2.73 bits per heavy atom. The largest absolute Gasteiger partial charge is 0.385 e. The van der Waals surface area contributed by atoms with Gasteiger partial charge in [-0.15, -0.1) is 0 Å². The Bertz CT molecular complexity index is 165. The molecule has 0 unspecified atom stereocenters. The zero-order chi connectivity index (χ0) is 11.5. The summed E-state index contributed by atoms with van der Waals surface area (Å²) in [6, 6.07) is 0. The number of hydrogen-bond acceptors (Lipinski definition) is 4. The molecule has 0 heterocycles. The standard InChI is InChI=1S/C10H23N3O2/c1-11-9-10(14)12-5-7-13(2)6-4-8-15-3/h11H,4-9H2,1-3H3,(H,12,14). The Balaban J connectivity index is 3.30. The highest BCUT2D eigenvalue weighted by Crippen LogP contribution is 1.86. The normalized spacial score (nSPS) is 10.7. The van der Waals surface area contributed by atoms with Crippen LogP contribution < -0.4 is 10.6 Å². The number of ether oxygens (including phenoxy) is 1. The van der Waals surface area contributed by atoms with Gasteiger partial charge in [-0.1, -0.05) is 0 Å². The summed E-state index contributed by atoms with van der Waals surface area (Å²) in [5.74, 6) is 0.0443. The summed E-state index contributed by atoms with van der Waals surface area (Å²) in [6.45, 7) is 3.74. The van der Waals surface area contributed by atoms with E-state index in [1.54, 1.807) is 14.2 Å². The third kappa shape index (κ3) is 9.65. The SMILES string of the molecule is CNCC(=O)NCCN(C)CCCOC. The number of nitrogens with zero attached hydrogens (tertiary/aromatic N) is 1. The van der Waals surface area contributed by atoms with Gasteiger partial charge in [-0.25, -0.2) is 0 Å². The maximum absolute atomic E-state index is 11.1. The quantitative estimate of drug-likeness (QED) is 0.501. The van der Waals surface area contributed by atoms with Crippen molar-refractivity contribution in [3.05, 3.63) is 0 Å². The van der Waals surface area contributed by atoms with Crippen LogP contribution in [0.4, 0.5) is 0 Å². The number of rotatable bonds is 9. The summed E-state index contributed by atoms with van der Waals surface area (Å²) >= 11 is 0. The van der Waals surface area contributed by atoms with E-state index >= 15 is 0 Å². The third-order valence-electron chi connectivity index (χ3n) is 2.04. The summed E-state index contributed by atoms with van der Waals surface area (Å²) in [5, 5.41) is 5.64. The van der Waals surface area contributed by atoms with Gasteiger partial charge in [0.15, 0.2) is 0 Å². The van der Waals surface area contributed by atoms with Gasteiger partial charge >= 0.3 is 0 Å². The average molecular weight is 217 g/mol. The van der Waals surface area contributed by atoms with Crippen molar-refractivity contribution in [3.63, 3.8) is 0 Å². The molecule has 15 heavy (non-hydrogen) atoms. The highest BCUT2D eigenvalue weighted by atomic mass is 16.5. The van der Waals surface area contributed by atoms with Crippen LogP contribution in [-0.4, -0.2) is 64.8 Å². The molecule has 0 aliphatic heterocycles. The van der Waals surface area contributed by atoms with Crippen LogP contribution in [0.25, 0.3) is 0 Å². The second-order valence-electron chi connectivity index (χ2n) is 3.53. The molecular formula is C10H23N3O2. The van der Waals surface area contributed by atoms with Gasteiger partial charge in [0.1, 0.15) is 0 Å². The van der Waals surface area contributed by atoms with Crippen molar-refractivity contribution in [2.75, 3.05) is 54.0 Å². The lowest BCUT2D eigenvalue weighted by atomic mass is 10.4. The molecule has 0 radical (unpaired) electrons. The Kier molecular flexibility index (Phi) is 9.46. The van der Waals surface area contributed by atoms with E-state index in [4.69, 9.17) is 4.74 Å². The van der Waals surface area contributed by atoms with Crippen LogP contribution in [0.15, 0.2) is 0 Å². The fourth-order valence-electron chi connectivity index (χ4n) is 1.20. The van der Waals surface area contributed by atoms with Crippen molar-refractivity contribution in [1.82, 2.24) is 15.5 Å². The summed E-state index contributed by atoms with van der Waals surface area (Å²) in [5.41, 5.74) is 0. The third-order valence-corrected chi connectivity index (χ3v) is 2.04. The minimum atomic E-state index is 0.0443. The molecule has 0 spiro atoms. The predicted molar refractivity (Wildman–Crippen MR) is 60.9 cm³/mol. The van der Waals surface area contributed by atoms with E-state index in [1.807, 2.05) is 7.05 Å². The monoisotopic (exact) mass is 217 g/mol. The molecule has 0 saturated carbocycles. The second-order valence-corrected chi connectivity index (χ2v) is 3.53. The van der Waals surface area contributed by atoms with Crippen LogP contribution in [0.2, 0.25) is 0 Å². The van der Waals surface area contributed by atoms with Crippen molar-refractivity contribution in [3.8, 4) is 0 Å². The van der Waals surface area contributed by atoms with Crippen LogP contribution in [0.3, 0.4) is 0 Å². The summed E-state index contributed by atoms with van der Waals surface area (Å²) < 4.78 is 4.96. The van der Waals surface area contributed by atoms with Crippen LogP contribution in [0.5, 0.6) is 0 Å². The molecule has 0 aromatic rings. The predicted octanol–water partition coefficient (Wildman–Crippen LogP) is -0.710. The van der Waals surface area contributed by atoms with Crippen LogP contribution in [0, 0.1) is 0 Å². The first-order chi connectivity index (χ1) is 7.20. The summed E-state index contributed by atoms with van der Waals surface area (Å²) in [7, 11) is 5.51. The fourth-order valence-corrected chi connectivity index (χ4v) is 1.20. The van der Waals surface area contributed by atoms with Gasteiger partial charge < -0.3 is 20.3 Å². The van der Waals surface area contributed by atoms with Gasteiger partial charge in [-0.05, 0) is 20.5 Å². The van der Waals surface area contributed by atoms with E-state index in [9.17, 15) is 4.79 Å². The second kappa shape index (κ2) is 9.89. The molecule has 0 aliphatic carbocycles. The smallest absolute Gasteiger partial charge is 0.233 e. The first kappa shape index (κ1) is 14.3. The Hall–Kier alpha value is -0.650. The summed E-state index contributed by atoms with van der Waals surface area (Å²) in [6.07, 6.45) is 1.03. The lowest BCUT2D eigenvalue weighted by Gasteiger charge is -2.16. The molecular weight excluding hydrogens is 194 g/mol. The van der Waals surface area contributed by atoms with E-state index < -0.39 is 0 Å². The van der Waals surface area contributed by atoms with E-state index in [0.717, 1.165) is 26.1 Å². The lowest BCUT2D eigenvalue weighted by Crippen LogP contribution is -2.37. The first-order valence-corrected chi connectivity index (χ1v) is 5.29. The zero-order valence-corrected chi connectivity index (χ0v) is 10.0. The van der Waals surface area contributed by atoms with Gasteiger partial charge in [0.2, 0.25) is 5.91 Å². The van der Waals surface area contributed by atoms with Crippen LogP contribution in [0.1, 0.15) is 6.42 Å². The van der Waals surface area contributed by atoms with Gasteiger partial charge in [0.25, 0.3) is 0 Å². The number of hydrogen-bond donors (Lipinski definition) is 2. The Morgan fingerprint density at radius 2 is 2.13 bits per heavy atom. The molecule has 0 fully saturated rings. The average Bonchev–Trinajstić information content (AvgIpc) is 2.18. The topological polar surface area (TPSA) is 53.6 Å². The Labute approximate surface area is 92.2 Å². The van der Waals surface area contributed by atoms with Crippen molar-refractivity contribution < 1.29 is 9.53 Å². The maximum Gasteiger partial charge on any atom is 0.233 e. The van der Waals surface area contributed by atoms with Gasteiger partial charge in [-0.3, -0.25) is 4.79 Å². The molecule has 0 aliphatic rings. The lowest BCUT2D eigenvalue weighted by molar-refractivity contribution is -0.120. The highest BCUT2D eigenvalue weighted by Gasteiger charge is 2.00. The van der Waals surface area contributed by atoms with E-state index in [2.05, 4.69) is 15.5 Å². The molecule has 0 bridgehead atoms. The molecule has 0 atom stereocenters. The van der Waals surface area contributed by atoms with Crippen molar-refractivity contribution in [2.24, 2.45) is 0 Å². The number of carbonyl (C=O) groups is 1. The Morgan fingerprint density at radius 1 is 1.40 bits per heavy atom. The van der Waals surface area contributed by atoms with Crippen LogP contribution >= 0.6 is 0 Å². The molecule has 2 N–H and O–H groups in total. The number of nitrogens with one attached hydrogen (secondary N) is 2. The number of methoxy groups -OCH3 is 1. The van der Waals surface area contributed by atoms with E-state index in [0.29, 0.717) is 13.1 Å². The number of amides is 1. The van der Waals surface area contributed by atoms with Gasteiger partial charge in [-0.2, -0.15) is 0 Å². The fraction of sp³-hybridized carbons (Fsp3) is 0.900. The zero-order valence-electron chi connectivity index (χ0n) is 10.0. The molecule has 5 nitrogen and oxygen atoms in total. The number of carbonyl (C=O) groups excluding carboxylic acids is 1. The van der Waals surface area contributed by atoms with Gasteiger partial charge in [0, 0.05) is 33.4 Å². The molecule has 5 heteroatoms. The highest BCUT2D eigenvalue weighted by molar-refractivity contribution is 5.77. The molecule has 1 amide bonds. The van der Waals surface area contributed by atoms with E-state index in [-0.39, 0.29) is 5.91 Å². The molecule has 0 aromatic carbocycles. The molecule has 0 saturated heterocycles. The van der Waals surface area contributed by atoms with Crippen molar-refractivity contribution in [2.45, 2.75) is 6.42 Å². The number of likely N-dealkylation sites (N-methyl/N-ethyl adjacent to an activating group) is 2. The minimum absolute atomic E-state index is 0.0443. The molecule has 90 valence electrons. The van der Waals surface area contributed by atoms with Gasteiger partial charge in [0.05, 0.1) is 6.54 Å². The summed E-state index contributed by atoms with van der Waals surface area (Å²) in [4.78, 5) is 13.3. The van der Waals surface area contributed by atoms with Crippen molar-refractivity contribution >= 4 is 5.91 Å². The first-order valence-electron chi connectivity index (χ1n) is 5.29. The molecule has 0 rings (SSSR count). The van der Waals surface area contributed by atoms with E-state index in [1.165, 1.54) is 0 Å². The van der Waals surface area contributed by atoms with Crippen molar-refractivity contribution in [1.29, 1.82) is 0 Å². The van der Waals surface area contributed by atoms with Crippen LogP contribution in [-0.2, 0) is 9.53 Å².